The number of hydrogen-bond acceptors (Lipinski definition) is 2. The zero-order valence-electron chi connectivity index (χ0n) is 12.7. The molecule has 0 spiro atoms. The van der Waals surface area contributed by atoms with E-state index in [-0.39, 0.29) is 22.0 Å². The van der Waals surface area contributed by atoms with E-state index in [1.54, 1.807) is 18.2 Å². The summed E-state index contributed by atoms with van der Waals surface area (Å²) in [5, 5.41) is 12.1. The minimum absolute atomic E-state index is 0.0428. The smallest absolute Gasteiger partial charge is 0.326 e. The Balaban J connectivity index is 2.11. The number of halogens is 4. The Kier molecular flexibility index (Phi) is 6.33. The summed E-state index contributed by atoms with van der Waals surface area (Å²) in [6.45, 7) is 0. The van der Waals surface area contributed by atoms with Gasteiger partial charge in [-0.2, -0.15) is 0 Å². The first-order chi connectivity index (χ1) is 11.8. The van der Waals surface area contributed by atoms with Gasteiger partial charge in [0.25, 0.3) is 0 Å². The van der Waals surface area contributed by atoms with Gasteiger partial charge in [-0.3, -0.25) is 4.79 Å². The maximum absolute atomic E-state index is 13.6. The number of aliphatic carboxylic acids is 1. The first-order valence-corrected chi connectivity index (χ1v) is 7.92. The predicted molar refractivity (Wildman–Crippen MR) is 89.8 cm³/mol. The van der Waals surface area contributed by atoms with Crippen LogP contribution in [0.4, 0.5) is 8.78 Å². The number of carbonyl (C=O) groups is 2. The molecular formula is C17H13Cl2F2NO3. The Labute approximate surface area is 152 Å². The first-order valence-electron chi connectivity index (χ1n) is 7.17. The summed E-state index contributed by atoms with van der Waals surface area (Å²) >= 11 is 12.0. The van der Waals surface area contributed by atoms with E-state index in [9.17, 15) is 23.5 Å². The third-order valence-electron chi connectivity index (χ3n) is 3.47. The third kappa shape index (κ3) is 5.14. The fourth-order valence-corrected chi connectivity index (χ4v) is 2.77. The molecule has 1 amide bonds. The normalized spacial score (nSPS) is 11.8. The largest absolute Gasteiger partial charge is 0.480 e. The van der Waals surface area contributed by atoms with Gasteiger partial charge in [0.2, 0.25) is 5.91 Å². The third-order valence-corrected chi connectivity index (χ3v) is 4.18. The Morgan fingerprint density at radius 2 is 1.76 bits per heavy atom. The molecule has 0 aliphatic rings. The van der Waals surface area contributed by atoms with Crippen molar-refractivity contribution in [2.45, 2.75) is 18.9 Å². The fraction of sp³-hybridized carbons (Fsp3) is 0.176. The van der Waals surface area contributed by atoms with Crippen LogP contribution in [0.5, 0.6) is 0 Å². The minimum atomic E-state index is -1.30. The predicted octanol–water partition coefficient (Wildman–Crippen LogP) is 3.63. The number of amides is 1. The SMILES string of the molecule is O=C(Cc1ccc(F)cc1F)N[C@H](Cc1c(Cl)cccc1Cl)C(=O)O. The van der Waals surface area contributed by atoms with E-state index in [1.165, 1.54) is 0 Å². The summed E-state index contributed by atoms with van der Waals surface area (Å²) in [6, 6.07) is 6.22. The van der Waals surface area contributed by atoms with Gasteiger partial charge in [-0.15, -0.1) is 0 Å². The van der Waals surface area contributed by atoms with E-state index in [4.69, 9.17) is 23.2 Å². The molecule has 1 atom stereocenters. The molecule has 0 aromatic heterocycles. The van der Waals surface area contributed by atoms with Gasteiger partial charge in [-0.05, 0) is 29.3 Å². The van der Waals surface area contributed by atoms with Crippen LogP contribution in [-0.4, -0.2) is 23.0 Å². The molecule has 0 fully saturated rings. The van der Waals surface area contributed by atoms with Crippen LogP contribution in [0.1, 0.15) is 11.1 Å². The van der Waals surface area contributed by atoms with E-state index in [2.05, 4.69) is 5.32 Å². The maximum Gasteiger partial charge on any atom is 0.326 e. The molecule has 132 valence electrons. The maximum atomic E-state index is 13.6. The molecule has 0 aliphatic heterocycles. The molecule has 8 heteroatoms. The lowest BCUT2D eigenvalue weighted by atomic mass is 10.0. The van der Waals surface area contributed by atoms with E-state index >= 15 is 0 Å². The summed E-state index contributed by atoms with van der Waals surface area (Å²) in [5.74, 6) is -3.65. The van der Waals surface area contributed by atoms with Gasteiger partial charge < -0.3 is 10.4 Å². The molecule has 0 aliphatic carbocycles. The van der Waals surface area contributed by atoms with Gasteiger partial charge >= 0.3 is 5.97 Å². The van der Waals surface area contributed by atoms with Gasteiger partial charge in [-0.25, -0.2) is 13.6 Å². The molecule has 0 unspecified atom stereocenters. The van der Waals surface area contributed by atoms with E-state index in [0.717, 1.165) is 12.1 Å². The number of carboxylic acids is 1. The molecule has 2 aromatic carbocycles. The monoisotopic (exact) mass is 387 g/mol. The van der Waals surface area contributed by atoms with Crippen LogP contribution in [0.25, 0.3) is 0 Å². The van der Waals surface area contributed by atoms with Crippen molar-refractivity contribution in [3.8, 4) is 0 Å². The second-order valence-corrected chi connectivity index (χ2v) is 6.09. The molecule has 2 N–H and O–H groups in total. The van der Waals surface area contributed by atoms with E-state index in [1.807, 2.05) is 0 Å². The molecule has 25 heavy (non-hydrogen) atoms. The van der Waals surface area contributed by atoms with Crippen LogP contribution in [0.3, 0.4) is 0 Å². The lowest BCUT2D eigenvalue weighted by Crippen LogP contribution is -2.43. The lowest BCUT2D eigenvalue weighted by molar-refractivity contribution is -0.141. The number of rotatable bonds is 6. The van der Waals surface area contributed by atoms with Gasteiger partial charge in [0.15, 0.2) is 0 Å². The Morgan fingerprint density at radius 1 is 1.12 bits per heavy atom. The highest BCUT2D eigenvalue weighted by molar-refractivity contribution is 6.36. The van der Waals surface area contributed by atoms with Crippen molar-refractivity contribution in [3.05, 3.63) is 69.2 Å². The second kappa shape index (κ2) is 8.27. The minimum Gasteiger partial charge on any atom is -0.480 e. The van der Waals surface area contributed by atoms with Crippen molar-refractivity contribution in [2.75, 3.05) is 0 Å². The van der Waals surface area contributed by atoms with Crippen molar-refractivity contribution in [1.82, 2.24) is 5.32 Å². The highest BCUT2D eigenvalue weighted by atomic mass is 35.5. The summed E-state index contributed by atoms with van der Waals surface area (Å²) in [7, 11) is 0. The van der Waals surface area contributed by atoms with Crippen LogP contribution < -0.4 is 5.32 Å². The van der Waals surface area contributed by atoms with Crippen LogP contribution in [0.15, 0.2) is 36.4 Å². The van der Waals surface area contributed by atoms with Crippen molar-refractivity contribution < 1.29 is 23.5 Å². The average molecular weight is 388 g/mol. The Hall–Kier alpha value is -2.18. The van der Waals surface area contributed by atoms with Crippen molar-refractivity contribution in [1.29, 1.82) is 0 Å². The van der Waals surface area contributed by atoms with Gasteiger partial charge in [0.1, 0.15) is 17.7 Å². The Bertz CT molecular complexity index is 794. The van der Waals surface area contributed by atoms with Crippen LogP contribution >= 0.6 is 23.2 Å². The molecule has 0 heterocycles. The van der Waals surface area contributed by atoms with Gasteiger partial charge in [0, 0.05) is 22.5 Å². The number of carbonyl (C=O) groups excluding carboxylic acids is 1. The van der Waals surface area contributed by atoms with E-state index < -0.39 is 36.0 Å². The fourth-order valence-electron chi connectivity index (χ4n) is 2.21. The zero-order chi connectivity index (χ0) is 18.6. The standard InChI is InChI=1S/C17H13Cl2F2NO3/c18-12-2-1-3-13(19)11(12)8-15(17(24)25)22-16(23)6-9-4-5-10(20)7-14(9)21/h1-5,7,15H,6,8H2,(H,22,23)(H,24,25)/t15-/m1/s1. The van der Waals surface area contributed by atoms with Crippen LogP contribution in [0.2, 0.25) is 10.0 Å². The first kappa shape index (κ1) is 19.1. The molecule has 4 nitrogen and oxygen atoms in total. The molecule has 0 saturated carbocycles. The molecule has 0 bridgehead atoms. The summed E-state index contributed by atoms with van der Waals surface area (Å²) in [5.41, 5.74) is 0.338. The molecule has 2 rings (SSSR count). The number of nitrogens with one attached hydrogen (secondary N) is 1. The van der Waals surface area contributed by atoms with Crippen LogP contribution in [-0.2, 0) is 22.4 Å². The summed E-state index contributed by atoms with van der Waals surface area (Å²) in [6.07, 6.45) is -0.558. The summed E-state index contributed by atoms with van der Waals surface area (Å²) < 4.78 is 26.5. The highest BCUT2D eigenvalue weighted by Gasteiger charge is 2.23. The molecular weight excluding hydrogens is 375 g/mol. The zero-order valence-corrected chi connectivity index (χ0v) is 14.2. The van der Waals surface area contributed by atoms with Crippen molar-refractivity contribution >= 4 is 35.1 Å². The number of benzene rings is 2. The van der Waals surface area contributed by atoms with Crippen molar-refractivity contribution in [3.63, 3.8) is 0 Å². The molecule has 0 radical (unpaired) electrons. The highest BCUT2D eigenvalue weighted by Crippen LogP contribution is 2.25. The Morgan fingerprint density at radius 3 is 2.32 bits per heavy atom. The average Bonchev–Trinajstić information content (AvgIpc) is 2.52. The quantitative estimate of drug-likeness (QED) is 0.795. The number of carboxylic acid groups (broad SMARTS) is 1. The van der Waals surface area contributed by atoms with Crippen molar-refractivity contribution in [2.24, 2.45) is 0 Å². The van der Waals surface area contributed by atoms with Gasteiger partial charge in [0.05, 0.1) is 6.42 Å². The molecule has 2 aromatic rings. The van der Waals surface area contributed by atoms with Gasteiger partial charge in [-0.1, -0.05) is 35.3 Å². The second-order valence-electron chi connectivity index (χ2n) is 5.28. The van der Waals surface area contributed by atoms with Crippen LogP contribution in [0, 0.1) is 11.6 Å². The molecule has 0 saturated heterocycles. The lowest BCUT2D eigenvalue weighted by Gasteiger charge is -2.16. The van der Waals surface area contributed by atoms with E-state index in [0.29, 0.717) is 11.6 Å². The number of hydrogen-bond donors (Lipinski definition) is 2. The summed E-state index contributed by atoms with van der Waals surface area (Å²) in [4.78, 5) is 23.4. The topological polar surface area (TPSA) is 66.4 Å².